The molecule has 8 heteroatoms. The maximum absolute atomic E-state index is 12.8. The molecule has 1 amide bonds. The predicted molar refractivity (Wildman–Crippen MR) is 124 cm³/mol. The number of amides is 1. The largest absolute Gasteiger partial charge is 0.369 e. The van der Waals surface area contributed by atoms with Gasteiger partial charge in [0.1, 0.15) is 11.5 Å². The number of hydrogen-bond acceptors (Lipinski definition) is 6. The van der Waals surface area contributed by atoms with Crippen LogP contribution in [0.4, 0.5) is 11.5 Å². The molecule has 4 aromatic rings. The lowest BCUT2D eigenvalue weighted by molar-refractivity contribution is 0.103. The van der Waals surface area contributed by atoms with E-state index in [1.54, 1.807) is 19.3 Å². The lowest BCUT2D eigenvalue weighted by Gasteiger charge is -2.13. The molecule has 4 rings (SSSR count). The lowest BCUT2D eigenvalue weighted by Crippen LogP contribution is -2.24. The molecule has 7 nitrogen and oxygen atoms in total. The number of nitrogens with one attached hydrogen (secondary N) is 2. The van der Waals surface area contributed by atoms with Crippen molar-refractivity contribution in [1.82, 2.24) is 14.5 Å². The summed E-state index contributed by atoms with van der Waals surface area (Å²) in [7, 11) is 5.71. The summed E-state index contributed by atoms with van der Waals surface area (Å²) in [6.07, 6.45) is 1.71. The molecule has 0 fully saturated rings. The first-order chi connectivity index (χ1) is 14.4. The number of carbonyl (C=O) groups excluding carboxylic acids is 1. The monoisotopic (exact) mass is 421 g/mol. The van der Waals surface area contributed by atoms with Gasteiger partial charge >= 0.3 is 0 Å². The van der Waals surface area contributed by atoms with E-state index >= 15 is 0 Å². The van der Waals surface area contributed by atoms with E-state index in [4.69, 9.17) is 0 Å². The predicted octanol–water partition coefficient (Wildman–Crippen LogP) is 3.37. The average Bonchev–Trinajstić information content (AvgIpc) is 3.16. The second-order valence-electron chi connectivity index (χ2n) is 7.38. The van der Waals surface area contributed by atoms with E-state index in [0.29, 0.717) is 10.7 Å². The summed E-state index contributed by atoms with van der Waals surface area (Å²) in [5, 5.41) is 7.82. The molecule has 0 aliphatic carbocycles. The van der Waals surface area contributed by atoms with Crippen molar-refractivity contribution in [3.63, 3.8) is 0 Å². The summed E-state index contributed by atoms with van der Waals surface area (Å²) < 4.78 is 2.57. The van der Waals surface area contributed by atoms with Crippen LogP contribution in [0.15, 0.2) is 53.5 Å². The summed E-state index contributed by atoms with van der Waals surface area (Å²) in [6.45, 7) is 1.63. The fourth-order valence-electron chi connectivity index (χ4n) is 3.24. The molecule has 2 N–H and O–H groups in total. The number of carbonyl (C=O) groups is 1. The number of likely N-dealkylation sites (N-methyl/N-ethyl adjacent to an activating group) is 1. The number of nitrogens with zero attached hydrogens (tertiary/aromatic N) is 3. The van der Waals surface area contributed by atoms with Gasteiger partial charge in [-0.15, -0.1) is 11.3 Å². The van der Waals surface area contributed by atoms with Crippen molar-refractivity contribution < 1.29 is 4.79 Å². The molecule has 0 atom stereocenters. The van der Waals surface area contributed by atoms with Crippen LogP contribution in [0.5, 0.6) is 0 Å². The van der Waals surface area contributed by atoms with Gasteiger partial charge in [0.05, 0.1) is 10.4 Å². The maximum atomic E-state index is 12.8. The van der Waals surface area contributed by atoms with E-state index in [0.717, 1.165) is 34.1 Å². The first kappa shape index (κ1) is 20.1. The summed E-state index contributed by atoms with van der Waals surface area (Å²) >= 11 is 1.40. The van der Waals surface area contributed by atoms with Crippen LogP contribution in [-0.4, -0.2) is 47.5 Å². The van der Waals surface area contributed by atoms with Gasteiger partial charge in [-0.3, -0.25) is 9.59 Å². The molecule has 0 spiro atoms. The number of aryl methyl sites for hydroxylation is 1. The highest BCUT2D eigenvalue weighted by atomic mass is 32.1. The second kappa shape index (κ2) is 8.25. The zero-order chi connectivity index (χ0) is 21.3. The molecule has 0 aliphatic rings. The zero-order valence-corrected chi connectivity index (χ0v) is 17.9. The van der Waals surface area contributed by atoms with E-state index < -0.39 is 0 Å². The van der Waals surface area contributed by atoms with E-state index in [9.17, 15) is 9.59 Å². The average molecular weight is 422 g/mol. The highest BCUT2D eigenvalue weighted by molar-refractivity contribution is 7.20. The third-order valence-corrected chi connectivity index (χ3v) is 5.99. The van der Waals surface area contributed by atoms with E-state index in [2.05, 4.69) is 20.5 Å². The Morgan fingerprint density at radius 1 is 1.17 bits per heavy atom. The number of benzene rings is 1. The molecule has 3 aromatic heterocycles. The standard InChI is InChI=1S/C22H23N5O2S/c1-26(2)9-8-23-20-12-17-15(13-24-20)10-16(22(29)27(17)3)25-21(28)19-11-14-6-4-5-7-18(14)30-19/h4-7,10-13H,8-9H2,1-3H3,(H,23,24)(H,25,28). The minimum Gasteiger partial charge on any atom is -0.369 e. The molecule has 0 bridgehead atoms. The van der Waals surface area contributed by atoms with Crippen LogP contribution in [-0.2, 0) is 7.05 Å². The molecular weight excluding hydrogens is 398 g/mol. The van der Waals surface area contributed by atoms with Gasteiger partial charge in [-0.1, -0.05) is 18.2 Å². The Bertz CT molecular complexity index is 1260. The molecule has 0 radical (unpaired) electrons. The first-order valence-electron chi connectivity index (χ1n) is 9.61. The summed E-state index contributed by atoms with van der Waals surface area (Å²) in [5.74, 6) is 0.420. The van der Waals surface area contributed by atoms with Gasteiger partial charge in [0.25, 0.3) is 11.5 Å². The van der Waals surface area contributed by atoms with E-state index in [-0.39, 0.29) is 17.2 Å². The quantitative estimate of drug-likeness (QED) is 0.499. The van der Waals surface area contributed by atoms with Gasteiger partial charge in [-0.25, -0.2) is 4.98 Å². The van der Waals surface area contributed by atoms with Crippen molar-refractivity contribution >= 4 is 49.7 Å². The highest BCUT2D eigenvalue weighted by Crippen LogP contribution is 2.26. The number of thiophene rings is 1. The SMILES string of the molecule is CN(C)CCNc1cc2c(cn1)cc(NC(=O)c1cc3ccccc3s1)c(=O)n2C. The number of pyridine rings is 2. The van der Waals surface area contributed by atoms with Crippen LogP contribution in [0.25, 0.3) is 21.0 Å². The molecule has 0 saturated heterocycles. The van der Waals surface area contributed by atoms with E-state index in [1.807, 2.05) is 50.5 Å². The number of rotatable bonds is 6. The van der Waals surface area contributed by atoms with Gasteiger partial charge in [0.15, 0.2) is 0 Å². The molecule has 0 saturated carbocycles. The van der Waals surface area contributed by atoms with Crippen LogP contribution in [0.3, 0.4) is 0 Å². The Kier molecular flexibility index (Phi) is 5.52. The molecule has 3 heterocycles. The van der Waals surface area contributed by atoms with Gasteiger partial charge in [0.2, 0.25) is 0 Å². The van der Waals surface area contributed by atoms with Crippen molar-refractivity contribution in [3.8, 4) is 0 Å². The lowest BCUT2D eigenvalue weighted by atomic mass is 10.2. The smallest absolute Gasteiger partial charge is 0.274 e. The molecule has 0 aliphatic heterocycles. The fraction of sp³-hybridized carbons (Fsp3) is 0.227. The molecule has 30 heavy (non-hydrogen) atoms. The van der Waals surface area contributed by atoms with Gasteiger partial charge < -0.3 is 20.1 Å². The van der Waals surface area contributed by atoms with Crippen LogP contribution in [0.1, 0.15) is 9.67 Å². The van der Waals surface area contributed by atoms with E-state index in [1.165, 1.54) is 15.9 Å². The molecular formula is C22H23N5O2S. The summed E-state index contributed by atoms with van der Waals surface area (Å²) in [4.78, 5) is 32.6. The van der Waals surface area contributed by atoms with Crippen molar-refractivity contribution in [1.29, 1.82) is 0 Å². The Morgan fingerprint density at radius 2 is 1.97 bits per heavy atom. The van der Waals surface area contributed by atoms with Crippen molar-refractivity contribution in [2.75, 3.05) is 37.8 Å². The topological polar surface area (TPSA) is 79.3 Å². The third-order valence-electron chi connectivity index (χ3n) is 4.87. The molecule has 1 aromatic carbocycles. The number of aromatic nitrogens is 2. The Balaban J connectivity index is 1.60. The van der Waals surface area contributed by atoms with Crippen molar-refractivity contribution in [3.05, 3.63) is 63.9 Å². The van der Waals surface area contributed by atoms with Crippen LogP contribution in [0, 0.1) is 0 Å². The first-order valence-corrected chi connectivity index (χ1v) is 10.4. The minimum atomic E-state index is -0.289. The minimum absolute atomic E-state index is 0.238. The highest BCUT2D eigenvalue weighted by Gasteiger charge is 2.14. The van der Waals surface area contributed by atoms with Gasteiger partial charge in [-0.2, -0.15) is 0 Å². The van der Waals surface area contributed by atoms with Gasteiger partial charge in [0, 0.05) is 42.5 Å². The van der Waals surface area contributed by atoms with Crippen molar-refractivity contribution in [2.24, 2.45) is 7.05 Å². The van der Waals surface area contributed by atoms with Crippen LogP contribution in [0.2, 0.25) is 0 Å². The Hall–Kier alpha value is -3.23. The third kappa shape index (κ3) is 4.05. The van der Waals surface area contributed by atoms with Crippen LogP contribution < -0.4 is 16.2 Å². The second-order valence-corrected chi connectivity index (χ2v) is 8.47. The van der Waals surface area contributed by atoms with Gasteiger partial charge in [-0.05, 0) is 37.7 Å². The Morgan fingerprint density at radius 3 is 2.73 bits per heavy atom. The summed E-state index contributed by atoms with van der Waals surface area (Å²) in [5.41, 5.74) is 0.729. The molecule has 154 valence electrons. The number of fused-ring (bicyclic) bond motifs is 2. The van der Waals surface area contributed by atoms with Crippen LogP contribution >= 0.6 is 11.3 Å². The Labute approximate surface area is 178 Å². The summed E-state index contributed by atoms with van der Waals surface area (Å²) in [6, 6.07) is 13.2. The number of hydrogen-bond donors (Lipinski definition) is 2. The zero-order valence-electron chi connectivity index (χ0n) is 17.1. The maximum Gasteiger partial charge on any atom is 0.274 e. The normalized spacial score (nSPS) is 11.3. The molecule has 0 unspecified atom stereocenters. The fourth-order valence-corrected chi connectivity index (χ4v) is 4.19. The van der Waals surface area contributed by atoms with Crippen molar-refractivity contribution in [2.45, 2.75) is 0 Å². The number of anilines is 2.